The molecule has 0 amide bonds. The van der Waals surface area contributed by atoms with Crippen molar-refractivity contribution in [1.82, 2.24) is 0 Å². The highest BCUT2D eigenvalue weighted by atomic mass is 16.8. The van der Waals surface area contributed by atoms with Crippen molar-refractivity contribution in [2.75, 3.05) is 13.2 Å². The van der Waals surface area contributed by atoms with E-state index in [1.54, 1.807) is 0 Å². The predicted molar refractivity (Wildman–Crippen MR) is 96.5 cm³/mol. The topological polar surface area (TPSA) is 157 Å². The van der Waals surface area contributed by atoms with Crippen LogP contribution in [0.5, 0.6) is 0 Å². The fourth-order valence-corrected chi connectivity index (χ4v) is 2.45. The summed E-state index contributed by atoms with van der Waals surface area (Å²) in [5, 5.41) is 21.4. The van der Waals surface area contributed by atoms with Crippen LogP contribution >= 0.6 is 0 Å². The Kier molecular flexibility index (Phi) is 6.29. The van der Waals surface area contributed by atoms with E-state index in [1.165, 1.54) is 24.3 Å². The number of nitro groups is 2. The lowest BCUT2D eigenvalue weighted by Gasteiger charge is -2.30. The number of carbonyl (C=O) groups is 2. The molecule has 12 nitrogen and oxygen atoms in total. The fraction of sp³-hybridized carbons (Fsp3) is 0.222. The van der Waals surface area contributed by atoms with Gasteiger partial charge in [-0.25, -0.2) is 9.59 Å². The molecule has 2 atom stereocenters. The normalized spacial score (nSPS) is 18.3. The number of hydrogen-bond acceptors (Lipinski definition) is 10. The molecule has 156 valence electrons. The number of esters is 2. The van der Waals surface area contributed by atoms with Crippen LogP contribution in [0.25, 0.3) is 0 Å². The van der Waals surface area contributed by atoms with Crippen molar-refractivity contribution >= 4 is 23.3 Å². The van der Waals surface area contributed by atoms with E-state index in [0.717, 1.165) is 24.3 Å². The molecule has 0 N–H and O–H groups in total. The molecule has 0 saturated carbocycles. The van der Waals surface area contributed by atoms with Gasteiger partial charge >= 0.3 is 11.9 Å². The summed E-state index contributed by atoms with van der Waals surface area (Å²) in [4.78, 5) is 44.7. The molecule has 0 bridgehead atoms. The van der Waals surface area contributed by atoms with Crippen LogP contribution in [0, 0.1) is 20.2 Å². The molecule has 2 aromatic carbocycles. The summed E-state index contributed by atoms with van der Waals surface area (Å²) in [6.45, 7) is 0.146. The molecule has 1 heterocycles. The highest BCUT2D eigenvalue weighted by molar-refractivity contribution is 5.90. The lowest BCUT2D eigenvalue weighted by molar-refractivity contribution is -0.385. The highest BCUT2D eigenvalue weighted by Gasteiger charge is 2.34. The molecule has 2 unspecified atom stereocenters. The van der Waals surface area contributed by atoms with Gasteiger partial charge in [0.15, 0.2) is 0 Å². The maximum atomic E-state index is 12.3. The first kappa shape index (κ1) is 20.8. The molecule has 1 fully saturated rings. The molecule has 30 heavy (non-hydrogen) atoms. The Bertz CT molecular complexity index is 878. The van der Waals surface area contributed by atoms with Crippen LogP contribution in [0.3, 0.4) is 0 Å². The molecule has 1 aliphatic heterocycles. The van der Waals surface area contributed by atoms with E-state index in [0.29, 0.717) is 0 Å². The average Bonchev–Trinajstić information content (AvgIpc) is 2.75. The number of benzene rings is 2. The van der Waals surface area contributed by atoms with Gasteiger partial charge in [-0.2, -0.15) is 0 Å². The second-order valence-electron chi connectivity index (χ2n) is 5.90. The van der Waals surface area contributed by atoms with Gasteiger partial charge < -0.3 is 18.9 Å². The van der Waals surface area contributed by atoms with Gasteiger partial charge in [-0.15, -0.1) is 0 Å². The lowest BCUT2D eigenvalue weighted by atomic mass is 10.2. The van der Waals surface area contributed by atoms with E-state index >= 15 is 0 Å². The van der Waals surface area contributed by atoms with Crippen LogP contribution in [0.2, 0.25) is 0 Å². The van der Waals surface area contributed by atoms with E-state index in [2.05, 4.69) is 0 Å². The Labute approximate surface area is 168 Å². The minimum absolute atomic E-state index is 0.0234. The Balaban J connectivity index is 1.65. The molecule has 3 rings (SSSR count). The summed E-state index contributed by atoms with van der Waals surface area (Å²) in [6.07, 6.45) is -2.74. The SMILES string of the molecule is O=C(OC1OCCOC1OC(=O)c1ccc([N+](=O)[O-])cc1)c1ccc([N+](=O)[O-])cc1. The zero-order chi connectivity index (χ0) is 21.7. The van der Waals surface area contributed by atoms with Crippen LogP contribution in [0.4, 0.5) is 11.4 Å². The van der Waals surface area contributed by atoms with Gasteiger partial charge in [0, 0.05) is 24.3 Å². The van der Waals surface area contributed by atoms with E-state index in [1.807, 2.05) is 0 Å². The Morgan fingerprint density at radius 1 is 0.733 bits per heavy atom. The first-order valence-electron chi connectivity index (χ1n) is 8.49. The molecular weight excluding hydrogens is 404 g/mol. The number of hydrogen-bond donors (Lipinski definition) is 0. The van der Waals surface area contributed by atoms with Gasteiger partial charge in [0.25, 0.3) is 24.0 Å². The molecule has 2 aromatic rings. The Hall–Kier alpha value is -3.90. The maximum Gasteiger partial charge on any atom is 0.340 e. The summed E-state index contributed by atoms with van der Waals surface area (Å²) in [5.41, 5.74) is -0.345. The van der Waals surface area contributed by atoms with E-state index in [4.69, 9.17) is 18.9 Å². The third-order valence-electron chi connectivity index (χ3n) is 3.94. The molecule has 0 radical (unpaired) electrons. The first-order chi connectivity index (χ1) is 14.3. The zero-order valence-electron chi connectivity index (χ0n) is 15.2. The van der Waals surface area contributed by atoms with Crippen molar-refractivity contribution in [2.24, 2.45) is 0 Å². The summed E-state index contributed by atoms with van der Waals surface area (Å²) >= 11 is 0. The number of nitro benzene ring substituents is 2. The van der Waals surface area contributed by atoms with Crippen molar-refractivity contribution in [3.8, 4) is 0 Å². The van der Waals surface area contributed by atoms with Crippen molar-refractivity contribution in [1.29, 1.82) is 0 Å². The Morgan fingerprint density at radius 2 is 1.07 bits per heavy atom. The van der Waals surface area contributed by atoms with Crippen molar-refractivity contribution in [3.63, 3.8) is 0 Å². The first-order valence-corrected chi connectivity index (χ1v) is 8.49. The lowest BCUT2D eigenvalue weighted by Crippen LogP contribution is -2.44. The van der Waals surface area contributed by atoms with E-state index < -0.39 is 34.4 Å². The molecule has 1 saturated heterocycles. The predicted octanol–water partition coefficient (Wildman–Crippen LogP) is 2.22. The maximum absolute atomic E-state index is 12.3. The standard InChI is InChI=1S/C18H14N2O10/c21-15(11-1-5-13(6-2-11)19(23)24)29-17-18(28-10-9-27-17)30-16(22)12-3-7-14(8-4-12)20(25)26/h1-8,17-18H,9-10H2. The van der Waals surface area contributed by atoms with E-state index in [-0.39, 0.29) is 35.7 Å². The van der Waals surface area contributed by atoms with Crippen molar-refractivity contribution in [3.05, 3.63) is 79.9 Å². The summed E-state index contributed by atoms with van der Waals surface area (Å²) in [7, 11) is 0. The van der Waals surface area contributed by atoms with E-state index in [9.17, 15) is 29.8 Å². The van der Waals surface area contributed by atoms with Crippen LogP contribution in [-0.4, -0.2) is 47.6 Å². The second-order valence-corrected chi connectivity index (χ2v) is 5.90. The third kappa shape index (κ3) is 4.92. The van der Waals surface area contributed by atoms with Gasteiger partial charge in [-0.3, -0.25) is 20.2 Å². The molecular formula is C18H14N2O10. The minimum Gasteiger partial charge on any atom is -0.425 e. The number of carbonyl (C=O) groups excluding carboxylic acids is 2. The van der Waals surface area contributed by atoms with Gasteiger partial charge in [-0.05, 0) is 24.3 Å². The highest BCUT2D eigenvalue weighted by Crippen LogP contribution is 2.19. The number of nitrogens with zero attached hydrogens (tertiary/aromatic N) is 2. The van der Waals surface area contributed by atoms with Crippen LogP contribution in [0.1, 0.15) is 20.7 Å². The molecule has 12 heteroatoms. The number of ether oxygens (including phenoxy) is 4. The van der Waals surface area contributed by atoms with Crippen molar-refractivity contribution in [2.45, 2.75) is 12.6 Å². The summed E-state index contributed by atoms with van der Waals surface area (Å²) in [6, 6.07) is 9.40. The number of non-ortho nitro benzene ring substituents is 2. The second kappa shape index (κ2) is 9.07. The number of rotatable bonds is 6. The Morgan fingerprint density at radius 3 is 1.37 bits per heavy atom. The monoisotopic (exact) mass is 418 g/mol. The molecule has 1 aliphatic rings. The minimum atomic E-state index is -1.37. The summed E-state index contributed by atoms with van der Waals surface area (Å²) < 4.78 is 20.9. The largest absolute Gasteiger partial charge is 0.425 e. The summed E-state index contributed by atoms with van der Waals surface area (Å²) in [5.74, 6) is -1.73. The quantitative estimate of drug-likeness (QED) is 0.387. The van der Waals surface area contributed by atoms with Crippen molar-refractivity contribution < 1.29 is 38.4 Å². The average molecular weight is 418 g/mol. The van der Waals surface area contributed by atoms with Gasteiger partial charge in [-0.1, -0.05) is 0 Å². The van der Waals surface area contributed by atoms with Crippen LogP contribution < -0.4 is 0 Å². The third-order valence-corrected chi connectivity index (χ3v) is 3.94. The van der Waals surface area contributed by atoms with Gasteiger partial charge in [0.2, 0.25) is 0 Å². The molecule has 0 aromatic heterocycles. The van der Waals surface area contributed by atoms with Gasteiger partial charge in [0.05, 0.1) is 34.2 Å². The molecule has 0 spiro atoms. The van der Waals surface area contributed by atoms with Crippen LogP contribution in [-0.2, 0) is 18.9 Å². The molecule has 0 aliphatic carbocycles. The fourth-order valence-electron chi connectivity index (χ4n) is 2.45. The smallest absolute Gasteiger partial charge is 0.340 e. The van der Waals surface area contributed by atoms with Crippen LogP contribution in [0.15, 0.2) is 48.5 Å². The zero-order valence-corrected chi connectivity index (χ0v) is 15.2. The van der Waals surface area contributed by atoms with Gasteiger partial charge in [0.1, 0.15) is 0 Å².